The van der Waals surface area contributed by atoms with E-state index >= 15 is 0 Å². The van der Waals surface area contributed by atoms with E-state index in [9.17, 15) is 9.59 Å². The number of unbranched alkanes of at least 4 members (excludes halogenated alkanes) is 9. The molecule has 1 saturated carbocycles. The zero-order chi connectivity index (χ0) is 17.8. The summed E-state index contributed by atoms with van der Waals surface area (Å²) in [6.07, 6.45) is 15.0. The molecular weight excluding hydrogens is 324 g/mol. The van der Waals surface area contributed by atoms with Gasteiger partial charge in [0.25, 0.3) is 0 Å². The molecule has 0 radical (unpaired) electrons. The summed E-state index contributed by atoms with van der Waals surface area (Å²) in [6.45, 7) is 2.23. The van der Waals surface area contributed by atoms with Gasteiger partial charge in [-0.3, -0.25) is 9.59 Å². The van der Waals surface area contributed by atoms with E-state index in [4.69, 9.17) is 16.7 Å². The van der Waals surface area contributed by atoms with Crippen LogP contribution in [0.4, 0.5) is 0 Å². The number of hydrogen-bond donors (Lipinski definition) is 1. The predicted molar refractivity (Wildman–Crippen MR) is 99.6 cm³/mol. The van der Waals surface area contributed by atoms with Crippen LogP contribution >= 0.6 is 11.6 Å². The lowest BCUT2D eigenvalue weighted by atomic mass is 9.67. The van der Waals surface area contributed by atoms with Crippen molar-refractivity contribution in [3.05, 3.63) is 0 Å². The highest BCUT2D eigenvalue weighted by atomic mass is 35.5. The van der Waals surface area contributed by atoms with Crippen LogP contribution in [-0.2, 0) is 9.59 Å². The van der Waals surface area contributed by atoms with E-state index in [0.717, 1.165) is 51.4 Å². The van der Waals surface area contributed by atoms with E-state index in [1.165, 1.54) is 32.1 Å². The number of halogens is 1. The Morgan fingerprint density at radius 1 is 0.917 bits per heavy atom. The number of hydrogen-bond acceptors (Lipinski definition) is 2. The maximum atomic E-state index is 12.0. The maximum Gasteiger partial charge on any atom is 0.303 e. The molecule has 0 aromatic heterocycles. The molecule has 24 heavy (non-hydrogen) atoms. The van der Waals surface area contributed by atoms with Crippen molar-refractivity contribution in [1.29, 1.82) is 0 Å². The first-order valence-corrected chi connectivity index (χ1v) is 10.4. The van der Waals surface area contributed by atoms with E-state index in [1.54, 1.807) is 0 Å². The SMILES string of the molecule is CCCCCCCC[C@H]1C(=O)C(Cl)[C@H]1CCCCCCCC(=O)O. The third-order valence-electron chi connectivity index (χ3n) is 5.33. The zero-order valence-electron chi connectivity index (χ0n) is 15.3. The van der Waals surface area contributed by atoms with Gasteiger partial charge in [-0.1, -0.05) is 71.1 Å². The van der Waals surface area contributed by atoms with Crippen LogP contribution in [0.3, 0.4) is 0 Å². The number of Topliss-reactive ketones (excluding diaryl/α,β-unsaturated/α-hetero) is 1. The van der Waals surface area contributed by atoms with Crippen molar-refractivity contribution >= 4 is 23.4 Å². The third kappa shape index (κ3) is 8.00. The minimum absolute atomic E-state index is 0.214. The van der Waals surface area contributed by atoms with Crippen LogP contribution in [0.5, 0.6) is 0 Å². The molecule has 1 aliphatic rings. The van der Waals surface area contributed by atoms with Gasteiger partial charge in [0.15, 0.2) is 5.78 Å². The molecular formula is C20H35ClO3. The number of carboxylic acid groups (broad SMARTS) is 1. The van der Waals surface area contributed by atoms with Crippen molar-refractivity contribution in [2.75, 3.05) is 0 Å². The quantitative estimate of drug-likeness (QED) is 0.289. The van der Waals surface area contributed by atoms with Crippen LogP contribution in [-0.4, -0.2) is 22.2 Å². The Morgan fingerprint density at radius 2 is 1.46 bits per heavy atom. The first-order valence-electron chi connectivity index (χ1n) is 9.97. The van der Waals surface area contributed by atoms with Gasteiger partial charge < -0.3 is 5.11 Å². The molecule has 1 N–H and O–H groups in total. The Morgan fingerprint density at radius 3 is 2.08 bits per heavy atom. The van der Waals surface area contributed by atoms with E-state index in [1.807, 2.05) is 0 Å². The molecule has 0 heterocycles. The highest BCUT2D eigenvalue weighted by Crippen LogP contribution is 2.42. The second-order valence-electron chi connectivity index (χ2n) is 7.33. The van der Waals surface area contributed by atoms with E-state index in [0.29, 0.717) is 5.92 Å². The Bertz CT molecular complexity index is 370. The average molecular weight is 359 g/mol. The molecule has 0 saturated heterocycles. The van der Waals surface area contributed by atoms with Crippen LogP contribution in [0.15, 0.2) is 0 Å². The van der Waals surface area contributed by atoms with Gasteiger partial charge in [-0.15, -0.1) is 11.6 Å². The standard InChI is InChI=1S/C20H35ClO3/c1-2-3-4-5-7-11-14-17-16(19(21)20(17)24)13-10-8-6-9-12-15-18(22)23/h16-17,19H,2-15H2,1H3,(H,22,23)/t16-,17+,19?/m0/s1. The van der Waals surface area contributed by atoms with Gasteiger partial charge in [-0.25, -0.2) is 0 Å². The second kappa shape index (κ2) is 12.7. The molecule has 140 valence electrons. The van der Waals surface area contributed by atoms with Gasteiger partial charge in [0.1, 0.15) is 0 Å². The monoisotopic (exact) mass is 358 g/mol. The summed E-state index contributed by atoms with van der Waals surface area (Å²) in [5, 5.41) is 8.35. The number of carbonyl (C=O) groups is 2. The fourth-order valence-corrected chi connectivity index (χ4v) is 4.21. The average Bonchev–Trinajstić information content (AvgIpc) is 2.57. The van der Waals surface area contributed by atoms with Gasteiger partial charge in [-0.2, -0.15) is 0 Å². The van der Waals surface area contributed by atoms with Crippen molar-refractivity contribution in [3.8, 4) is 0 Å². The normalized spacial score (nSPS) is 23.2. The number of rotatable bonds is 15. The molecule has 0 aliphatic heterocycles. The van der Waals surface area contributed by atoms with Gasteiger partial charge in [0.05, 0.1) is 5.38 Å². The topological polar surface area (TPSA) is 54.4 Å². The third-order valence-corrected chi connectivity index (χ3v) is 5.87. The molecule has 1 rings (SSSR count). The molecule has 1 aliphatic carbocycles. The van der Waals surface area contributed by atoms with Crippen LogP contribution < -0.4 is 0 Å². The maximum absolute atomic E-state index is 12.0. The smallest absolute Gasteiger partial charge is 0.303 e. The van der Waals surface area contributed by atoms with E-state index in [-0.39, 0.29) is 23.5 Å². The number of ketones is 1. The molecule has 0 aromatic rings. The van der Waals surface area contributed by atoms with Gasteiger partial charge >= 0.3 is 5.97 Å². The molecule has 4 heteroatoms. The predicted octanol–water partition coefficient (Wildman–Crippen LogP) is 5.97. The lowest BCUT2D eigenvalue weighted by Gasteiger charge is -2.40. The summed E-state index contributed by atoms with van der Waals surface area (Å²) in [6, 6.07) is 0. The first-order chi connectivity index (χ1) is 11.6. The molecule has 0 aromatic carbocycles. The molecule has 1 fully saturated rings. The number of carboxylic acids is 1. The summed E-state index contributed by atoms with van der Waals surface area (Å²) < 4.78 is 0. The molecule has 0 bridgehead atoms. The lowest BCUT2D eigenvalue weighted by molar-refractivity contribution is -0.137. The van der Waals surface area contributed by atoms with Crippen LogP contribution in [0.25, 0.3) is 0 Å². The highest BCUT2D eigenvalue weighted by molar-refractivity contribution is 6.34. The molecule has 0 spiro atoms. The first kappa shape index (κ1) is 21.5. The molecule has 0 amide bonds. The van der Waals surface area contributed by atoms with Crippen molar-refractivity contribution < 1.29 is 14.7 Å². The summed E-state index contributed by atoms with van der Waals surface area (Å²) in [7, 11) is 0. The summed E-state index contributed by atoms with van der Waals surface area (Å²) >= 11 is 6.22. The number of alkyl halides is 1. The van der Waals surface area contributed by atoms with E-state index in [2.05, 4.69) is 6.92 Å². The minimum atomic E-state index is -0.703. The van der Waals surface area contributed by atoms with Gasteiger partial charge in [-0.05, 0) is 25.2 Å². The minimum Gasteiger partial charge on any atom is -0.481 e. The van der Waals surface area contributed by atoms with Gasteiger partial charge in [0, 0.05) is 12.3 Å². The zero-order valence-corrected chi connectivity index (χ0v) is 16.0. The Hall–Kier alpha value is -0.570. The van der Waals surface area contributed by atoms with Gasteiger partial charge in [0.2, 0.25) is 0 Å². The summed E-state index contributed by atoms with van der Waals surface area (Å²) in [5.41, 5.74) is 0. The molecule has 3 nitrogen and oxygen atoms in total. The number of carbonyl (C=O) groups excluding carboxylic acids is 1. The molecule has 3 atom stereocenters. The highest BCUT2D eigenvalue weighted by Gasteiger charge is 2.47. The van der Waals surface area contributed by atoms with Crippen LogP contribution in [0.1, 0.15) is 96.8 Å². The summed E-state index contributed by atoms with van der Waals surface area (Å²) in [5.74, 6) is 0.168. The van der Waals surface area contributed by atoms with Crippen LogP contribution in [0, 0.1) is 11.8 Å². The van der Waals surface area contributed by atoms with Crippen molar-refractivity contribution in [2.24, 2.45) is 11.8 Å². The molecule has 1 unspecified atom stereocenters. The van der Waals surface area contributed by atoms with Crippen molar-refractivity contribution in [2.45, 2.75) is 102 Å². The fraction of sp³-hybridized carbons (Fsp3) is 0.900. The Balaban J connectivity index is 2.07. The largest absolute Gasteiger partial charge is 0.481 e. The fourth-order valence-electron chi connectivity index (χ4n) is 3.75. The number of aliphatic carboxylic acids is 1. The van der Waals surface area contributed by atoms with Crippen molar-refractivity contribution in [1.82, 2.24) is 0 Å². The Kier molecular flexibility index (Phi) is 11.4. The lowest BCUT2D eigenvalue weighted by Crippen LogP contribution is -2.48. The van der Waals surface area contributed by atoms with E-state index < -0.39 is 5.97 Å². The van der Waals surface area contributed by atoms with Crippen molar-refractivity contribution in [3.63, 3.8) is 0 Å². The summed E-state index contributed by atoms with van der Waals surface area (Å²) in [4.78, 5) is 22.4. The second-order valence-corrected chi connectivity index (χ2v) is 7.80. The Labute approximate surface area is 152 Å². The van der Waals surface area contributed by atoms with Crippen LogP contribution in [0.2, 0.25) is 0 Å².